The van der Waals surface area contributed by atoms with Crippen molar-refractivity contribution >= 4 is 11.8 Å². The molecule has 108 valence electrons. The maximum Gasteiger partial charge on any atom is 0.433 e. The van der Waals surface area contributed by atoms with Crippen LogP contribution in [-0.2, 0) is 11.0 Å². The van der Waals surface area contributed by atoms with Gasteiger partial charge in [0.2, 0.25) is 0 Å². The first kappa shape index (κ1) is 15.8. The minimum atomic E-state index is -4.57. The first-order valence-electron chi connectivity index (χ1n) is 5.89. The number of anilines is 1. The Morgan fingerprint density at radius 2 is 2.20 bits per heavy atom. The molecule has 1 aromatic rings. The molecule has 0 fully saturated rings. The first-order chi connectivity index (χ1) is 9.38. The van der Waals surface area contributed by atoms with Crippen LogP contribution in [0.2, 0.25) is 0 Å². The summed E-state index contributed by atoms with van der Waals surface area (Å²) in [5.74, 6) is 0.435. The maximum atomic E-state index is 12.6. The molecule has 0 atom stereocenters. The van der Waals surface area contributed by atoms with E-state index < -0.39 is 17.8 Å². The topological polar surface area (TPSA) is 51.2 Å². The Hall–Kier alpha value is -2.23. The molecule has 0 aromatic carbocycles. The maximum absolute atomic E-state index is 12.6. The molecular formula is C13H13F3N2O2. The average Bonchev–Trinajstić information content (AvgIpc) is 2.39. The van der Waals surface area contributed by atoms with Gasteiger partial charge >= 0.3 is 12.1 Å². The van der Waals surface area contributed by atoms with Gasteiger partial charge in [0.1, 0.15) is 5.69 Å². The smallest absolute Gasteiger partial charge is 0.413 e. The van der Waals surface area contributed by atoms with Crippen LogP contribution in [0.25, 0.3) is 0 Å². The summed E-state index contributed by atoms with van der Waals surface area (Å²) in [5.41, 5.74) is -1.07. The average molecular weight is 286 g/mol. The number of hydrogen-bond donors (Lipinski definition) is 1. The molecule has 4 nitrogen and oxygen atoms in total. The lowest BCUT2D eigenvalue weighted by Crippen LogP contribution is -2.14. The molecule has 1 rings (SSSR count). The molecule has 0 radical (unpaired) electrons. The van der Waals surface area contributed by atoms with Crippen LogP contribution in [0.4, 0.5) is 19.0 Å². The molecule has 0 spiro atoms. The fourth-order valence-electron chi connectivity index (χ4n) is 1.33. The number of rotatable bonds is 5. The summed E-state index contributed by atoms with van der Waals surface area (Å²) in [5, 5.41) is 2.70. The minimum Gasteiger partial charge on any atom is -0.413 e. The molecule has 0 saturated heterocycles. The Balaban J connectivity index is 3.03. The number of unbranched alkanes of at least 4 members (excludes halogenated alkanes) is 1. The summed E-state index contributed by atoms with van der Waals surface area (Å²) < 4.78 is 42.5. The SMILES string of the molecule is C#CC(=O)Oc1ccc(C(F)(F)F)nc1NCCCC. The molecule has 0 amide bonds. The van der Waals surface area contributed by atoms with Gasteiger partial charge in [-0.05, 0) is 18.6 Å². The number of hydrogen-bond acceptors (Lipinski definition) is 4. The van der Waals surface area contributed by atoms with Crippen molar-refractivity contribution in [3.8, 4) is 18.1 Å². The van der Waals surface area contributed by atoms with E-state index in [1.165, 1.54) is 0 Å². The van der Waals surface area contributed by atoms with Crippen molar-refractivity contribution in [3.05, 3.63) is 17.8 Å². The van der Waals surface area contributed by atoms with Crippen LogP contribution in [0.3, 0.4) is 0 Å². The summed E-state index contributed by atoms with van der Waals surface area (Å²) in [7, 11) is 0. The van der Waals surface area contributed by atoms with Crippen molar-refractivity contribution in [2.24, 2.45) is 0 Å². The van der Waals surface area contributed by atoms with E-state index in [-0.39, 0.29) is 11.6 Å². The monoisotopic (exact) mass is 286 g/mol. The molecule has 1 N–H and O–H groups in total. The van der Waals surface area contributed by atoms with Gasteiger partial charge in [-0.15, -0.1) is 6.42 Å². The Kier molecular flexibility index (Phi) is 5.38. The van der Waals surface area contributed by atoms with Crippen molar-refractivity contribution in [2.75, 3.05) is 11.9 Å². The summed E-state index contributed by atoms with van der Waals surface area (Å²) in [6.07, 6.45) is 1.86. The molecule has 0 bridgehead atoms. The van der Waals surface area contributed by atoms with Crippen LogP contribution in [0.1, 0.15) is 25.5 Å². The quantitative estimate of drug-likeness (QED) is 0.391. The standard InChI is InChI=1S/C13H13F3N2O2/c1-3-5-8-17-12-9(20-11(19)4-2)6-7-10(18-12)13(14,15)16/h2,6-7H,3,5,8H2,1H3,(H,17,18). The predicted molar refractivity (Wildman–Crippen MR) is 67.1 cm³/mol. The van der Waals surface area contributed by atoms with Gasteiger partial charge in [0.05, 0.1) is 0 Å². The summed E-state index contributed by atoms with van der Waals surface area (Å²) in [4.78, 5) is 14.4. The first-order valence-corrected chi connectivity index (χ1v) is 5.89. The highest BCUT2D eigenvalue weighted by atomic mass is 19.4. The zero-order valence-electron chi connectivity index (χ0n) is 10.8. The molecule has 7 heteroatoms. The van der Waals surface area contributed by atoms with Crippen LogP contribution in [0.5, 0.6) is 5.75 Å². The number of pyridine rings is 1. The third kappa shape index (κ3) is 4.46. The normalized spacial score (nSPS) is 10.8. The highest BCUT2D eigenvalue weighted by Crippen LogP contribution is 2.32. The molecular weight excluding hydrogens is 273 g/mol. The van der Waals surface area contributed by atoms with Crippen molar-refractivity contribution in [3.63, 3.8) is 0 Å². The van der Waals surface area contributed by atoms with Crippen molar-refractivity contribution in [2.45, 2.75) is 25.9 Å². The Labute approximate surface area is 114 Å². The lowest BCUT2D eigenvalue weighted by molar-refractivity contribution is -0.141. The van der Waals surface area contributed by atoms with E-state index in [0.29, 0.717) is 6.54 Å². The highest BCUT2D eigenvalue weighted by molar-refractivity contribution is 5.90. The van der Waals surface area contributed by atoms with Gasteiger partial charge in [-0.3, -0.25) is 0 Å². The molecule has 0 unspecified atom stereocenters. The van der Waals surface area contributed by atoms with Crippen LogP contribution in [0, 0.1) is 12.3 Å². The van der Waals surface area contributed by atoms with Gasteiger partial charge in [-0.25, -0.2) is 9.78 Å². The largest absolute Gasteiger partial charge is 0.433 e. The van der Waals surface area contributed by atoms with Gasteiger partial charge in [-0.2, -0.15) is 13.2 Å². The second-order valence-corrected chi connectivity index (χ2v) is 3.86. The zero-order valence-corrected chi connectivity index (χ0v) is 10.8. The zero-order chi connectivity index (χ0) is 15.2. The van der Waals surface area contributed by atoms with E-state index in [1.807, 2.05) is 6.92 Å². The van der Waals surface area contributed by atoms with E-state index in [4.69, 9.17) is 11.2 Å². The third-order valence-corrected chi connectivity index (χ3v) is 2.29. The number of ether oxygens (including phenoxy) is 1. The number of carbonyl (C=O) groups is 1. The number of aromatic nitrogens is 1. The minimum absolute atomic E-state index is 0.128. The van der Waals surface area contributed by atoms with Crippen LogP contribution >= 0.6 is 0 Å². The number of esters is 1. The van der Waals surface area contributed by atoms with E-state index >= 15 is 0 Å². The van der Waals surface area contributed by atoms with Gasteiger partial charge in [0.25, 0.3) is 0 Å². The fourth-order valence-corrected chi connectivity index (χ4v) is 1.33. The Bertz CT molecular complexity index is 521. The number of nitrogens with zero attached hydrogens (tertiary/aromatic N) is 1. The lowest BCUT2D eigenvalue weighted by Gasteiger charge is -2.13. The van der Waals surface area contributed by atoms with Crippen LogP contribution < -0.4 is 10.1 Å². The fraction of sp³-hybridized carbons (Fsp3) is 0.385. The lowest BCUT2D eigenvalue weighted by atomic mass is 10.3. The summed E-state index contributed by atoms with van der Waals surface area (Å²) >= 11 is 0. The van der Waals surface area contributed by atoms with Gasteiger partial charge < -0.3 is 10.1 Å². The Morgan fingerprint density at radius 3 is 2.75 bits per heavy atom. The number of alkyl halides is 3. The molecule has 0 saturated carbocycles. The summed E-state index contributed by atoms with van der Waals surface area (Å²) in [6.45, 7) is 2.34. The second-order valence-electron chi connectivity index (χ2n) is 3.86. The highest BCUT2D eigenvalue weighted by Gasteiger charge is 2.33. The molecule has 0 aliphatic rings. The predicted octanol–water partition coefficient (Wildman–Crippen LogP) is 2.85. The van der Waals surface area contributed by atoms with Crippen molar-refractivity contribution in [1.82, 2.24) is 4.98 Å². The number of terminal acetylenes is 1. The van der Waals surface area contributed by atoms with Crippen molar-refractivity contribution < 1.29 is 22.7 Å². The second kappa shape index (κ2) is 6.80. The molecule has 0 aliphatic heterocycles. The van der Waals surface area contributed by atoms with E-state index in [0.717, 1.165) is 25.0 Å². The number of halogens is 3. The number of nitrogens with one attached hydrogen (secondary N) is 1. The molecule has 20 heavy (non-hydrogen) atoms. The Morgan fingerprint density at radius 1 is 1.50 bits per heavy atom. The molecule has 0 aliphatic carbocycles. The van der Waals surface area contributed by atoms with E-state index in [2.05, 4.69) is 10.3 Å². The van der Waals surface area contributed by atoms with Gasteiger partial charge in [-0.1, -0.05) is 13.3 Å². The summed E-state index contributed by atoms with van der Waals surface area (Å²) in [6, 6.07) is 1.74. The van der Waals surface area contributed by atoms with E-state index in [9.17, 15) is 18.0 Å². The molecule has 1 heterocycles. The van der Waals surface area contributed by atoms with Crippen LogP contribution in [-0.4, -0.2) is 17.5 Å². The number of carbonyl (C=O) groups excluding carboxylic acids is 1. The van der Waals surface area contributed by atoms with E-state index in [1.54, 1.807) is 5.92 Å². The third-order valence-electron chi connectivity index (χ3n) is 2.29. The van der Waals surface area contributed by atoms with Crippen molar-refractivity contribution in [1.29, 1.82) is 0 Å². The van der Waals surface area contributed by atoms with Gasteiger partial charge in [0, 0.05) is 12.5 Å². The molecule has 1 aromatic heterocycles. The van der Waals surface area contributed by atoms with Crippen LogP contribution in [0.15, 0.2) is 12.1 Å². The van der Waals surface area contributed by atoms with Gasteiger partial charge in [0.15, 0.2) is 11.6 Å².